The lowest BCUT2D eigenvalue weighted by molar-refractivity contribution is -0.130. The van der Waals surface area contributed by atoms with Crippen LogP contribution in [0.4, 0.5) is 9.93 Å². The number of anilines is 1. The number of ether oxygens (including phenoxy) is 1. The van der Waals surface area contributed by atoms with Gasteiger partial charge < -0.3 is 9.84 Å². The van der Waals surface area contributed by atoms with Gasteiger partial charge in [0, 0.05) is 5.38 Å². The Bertz CT molecular complexity index is 543. The minimum absolute atomic E-state index is 0.144. The number of nitrogens with one attached hydrogen (secondary N) is 1. The molecular formula is C14H20N2O4S. The number of allylic oxidation sites excluding steroid dienone is 1. The summed E-state index contributed by atoms with van der Waals surface area (Å²) in [6.45, 7) is 7.24. The highest BCUT2D eigenvalue weighted by Gasteiger charge is 2.18. The highest BCUT2D eigenvalue weighted by atomic mass is 32.1. The molecule has 116 valence electrons. The Morgan fingerprint density at radius 3 is 2.67 bits per heavy atom. The Balaban J connectivity index is 2.80. The van der Waals surface area contributed by atoms with E-state index in [0.717, 1.165) is 17.8 Å². The first-order chi connectivity index (χ1) is 9.73. The number of thiazole rings is 1. The smallest absolute Gasteiger partial charge is 0.413 e. The maximum atomic E-state index is 11.6. The molecule has 0 bridgehead atoms. The van der Waals surface area contributed by atoms with Crippen LogP contribution in [-0.4, -0.2) is 27.8 Å². The first kappa shape index (κ1) is 17.2. The number of hydrogen-bond acceptors (Lipinski definition) is 5. The number of carbonyl (C=O) groups is 2. The summed E-state index contributed by atoms with van der Waals surface area (Å²) >= 11 is 1.16. The summed E-state index contributed by atoms with van der Waals surface area (Å²) in [6, 6.07) is 0. The summed E-state index contributed by atoms with van der Waals surface area (Å²) in [4.78, 5) is 26.9. The molecule has 6 nitrogen and oxygen atoms in total. The number of carboxylic acids is 1. The molecule has 0 fully saturated rings. The summed E-state index contributed by atoms with van der Waals surface area (Å²) < 4.78 is 5.11. The molecule has 0 spiro atoms. The zero-order valence-electron chi connectivity index (χ0n) is 12.6. The van der Waals surface area contributed by atoms with Crippen molar-refractivity contribution < 1.29 is 19.4 Å². The van der Waals surface area contributed by atoms with Crippen molar-refractivity contribution >= 4 is 34.1 Å². The van der Waals surface area contributed by atoms with Crippen LogP contribution >= 0.6 is 11.3 Å². The maximum Gasteiger partial charge on any atom is 0.413 e. The molecule has 2 N–H and O–H groups in total. The van der Waals surface area contributed by atoms with Gasteiger partial charge in [-0.05, 0) is 27.2 Å². The van der Waals surface area contributed by atoms with Gasteiger partial charge in [0.05, 0.1) is 11.3 Å². The van der Waals surface area contributed by atoms with Crippen LogP contribution < -0.4 is 5.32 Å². The van der Waals surface area contributed by atoms with E-state index in [0.29, 0.717) is 17.2 Å². The number of hydrogen-bond donors (Lipinski definition) is 2. The molecule has 1 rings (SSSR count). The number of rotatable bonds is 5. The molecule has 1 heterocycles. The monoisotopic (exact) mass is 312 g/mol. The summed E-state index contributed by atoms with van der Waals surface area (Å²) in [7, 11) is 0. The number of carboxylic acid groups (broad SMARTS) is 1. The van der Waals surface area contributed by atoms with Gasteiger partial charge in [-0.3, -0.25) is 5.32 Å². The van der Waals surface area contributed by atoms with Crippen molar-refractivity contribution in [1.82, 2.24) is 4.98 Å². The lowest BCUT2D eigenvalue weighted by Crippen LogP contribution is -2.27. The molecule has 0 aromatic carbocycles. The van der Waals surface area contributed by atoms with Crippen molar-refractivity contribution in [3.8, 4) is 0 Å². The second-order valence-corrected chi connectivity index (χ2v) is 6.23. The van der Waals surface area contributed by atoms with Crippen LogP contribution in [0.3, 0.4) is 0 Å². The van der Waals surface area contributed by atoms with Crippen LogP contribution in [0.1, 0.15) is 46.2 Å². The average Bonchev–Trinajstić information content (AvgIpc) is 2.74. The van der Waals surface area contributed by atoms with Crippen LogP contribution in [-0.2, 0) is 9.53 Å². The van der Waals surface area contributed by atoms with Gasteiger partial charge in [-0.25, -0.2) is 14.6 Å². The summed E-state index contributed by atoms with van der Waals surface area (Å²) in [5.41, 5.74) is -0.116. The number of aromatic nitrogens is 1. The van der Waals surface area contributed by atoms with E-state index in [1.807, 2.05) is 6.92 Å². The molecular weight excluding hydrogens is 292 g/mol. The molecule has 0 atom stereocenters. The van der Waals surface area contributed by atoms with Crippen molar-refractivity contribution in [3.63, 3.8) is 0 Å². The van der Waals surface area contributed by atoms with Crippen LogP contribution in [0, 0.1) is 0 Å². The van der Waals surface area contributed by atoms with Crippen LogP contribution in [0.15, 0.2) is 11.5 Å². The second-order valence-electron chi connectivity index (χ2n) is 5.38. The molecule has 7 heteroatoms. The van der Waals surface area contributed by atoms with Crippen molar-refractivity contribution in [2.45, 2.75) is 46.1 Å². The number of nitrogens with zero attached hydrogens (tertiary/aromatic N) is 1. The second kappa shape index (κ2) is 7.21. The Labute approximate surface area is 127 Å². The van der Waals surface area contributed by atoms with Gasteiger partial charge in [0.1, 0.15) is 5.60 Å². The van der Waals surface area contributed by atoms with Gasteiger partial charge in [-0.1, -0.05) is 19.4 Å². The summed E-state index contributed by atoms with van der Waals surface area (Å²) in [6.07, 6.45) is 2.53. The molecule has 0 aliphatic rings. The lowest BCUT2D eigenvalue weighted by Gasteiger charge is -2.18. The Morgan fingerprint density at radius 2 is 2.14 bits per heavy atom. The topological polar surface area (TPSA) is 88.5 Å². The van der Waals surface area contributed by atoms with Gasteiger partial charge in [0.25, 0.3) is 0 Å². The molecule has 1 aromatic heterocycles. The summed E-state index contributed by atoms with van der Waals surface area (Å²) in [5, 5.41) is 13.6. The molecule has 0 saturated carbocycles. The minimum Gasteiger partial charge on any atom is -0.478 e. The molecule has 21 heavy (non-hydrogen) atoms. The van der Waals surface area contributed by atoms with Gasteiger partial charge in [0.2, 0.25) is 0 Å². The third-order valence-corrected chi connectivity index (χ3v) is 3.01. The van der Waals surface area contributed by atoms with Crippen LogP contribution in [0.25, 0.3) is 5.57 Å². The first-order valence-corrected chi connectivity index (χ1v) is 7.50. The third kappa shape index (κ3) is 5.95. The number of aliphatic carboxylic acids is 1. The van der Waals surface area contributed by atoms with E-state index in [9.17, 15) is 14.7 Å². The highest BCUT2D eigenvalue weighted by molar-refractivity contribution is 7.14. The minimum atomic E-state index is -1.03. The molecule has 0 aliphatic carbocycles. The first-order valence-electron chi connectivity index (χ1n) is 6.62. The van der Waals surface area contributed by atoms with E-state index in [4.69, 9.17) is 4.74 Å². The fourth-order valence-corrected chi connectivity index (χ4v) is 2.13. The standard InChI is InChI=1S/C14H20N2O4S/c1-5-6-7-9(11(17)18)10-8-21-12(15-10)16-13(19)20-14(2,3)4/h7-8H,5-6H2,1-4H3,(H,17,18)(H,15,16,19). The van der Waals surface area contributed by atoms with Gasteiger partial charge in [-0.15, -0.1) is 11.3 Å². The Kier molecular flexibility index (Phi) is 5.90. The quantitative estimate of drug-likeness (QED) is 0.808. The molecule has 1 aromatic rings. The average molecular weight is 312 g/mol. The van der Waals surface area contributed by atoms with Gasteiger partial charge >= 0.3 is 12.1 Å². The van der Waals surface area contributed by atoms with Crippen molar-refractivity contribution in [3.05, 3.63) is 17.2 Å². The van der Waals surface area contributed by atoms with E-state index < -0.39 is 17.7 Å². The highest BCUT2D eigenvalue weighted by Crippen LogP contribution is 2.23. The maximum absolute atomic E-state index is 11.6. The normalized spacial score (nSPS) is 12.1. The predicted octanol–water partition coefficient (Wildman–Crippen LogP) is 3.76. The fourth-order valence-electron chi connectivity index (χ4n) is 1.44. The van der Waals surface area contributed by atoms with E-state index in [2.05, 4.69) is 10.3 Å². The number of carbonyl (C=O) groups excluding carboxylic acids is 1. The zero-order valence-corrected chi connectivity index (χ0v) is 13.4. The number of amides is 1. The molecule has 0 saturated heterocycles. The van der Waals surface area contributed by atoms with Crippen molar-refractivity contribution in [2.24, 2.45) is 0 Å². The molecule has 0 radical (unpaired) electrons. The summed E-state index contributed by atoms with van der Waals surface area (Å²) in [5.74, 6) is -1.03. The van der Waals surface area contributed by atoms with E-state index in [-0.39, 0.29) is 5.57 Å². The number of unbranched alkanes of at least 4 members (excludes halogenated alkanes) is 1. The molecule has 0 unspecified atom stereocenters. The Morgan fingerprint density at radius 1 is 1.48 bits per heavy atom. The largest absolute Gasteiger partial charge is 0.478 e. The van der Waals surface area contributed by atoms with Crippen LogP contribution in [0.5, 0.6) is 0 Å². The van der Waals surface area contributed by atoms with E-state index >= 15 is 0 Å². The van der Waals surface area contributed by atoms with E-state index in [1.165, 1.54) is 0 Å². The van der Waals surface area contributed by atoms with Gasteiger partial charge in [-0.2, -0.15) is 0 Å². The van der Waals surface area contributed by atoms with Crippen LogP contribution in [0.2, 0.25) is 0 Å². The third-order valence-electron chi connectivity index (χ3n) is 2.26. The lowest BCUT2D eigenvalue weighted by atomic mass is 10.1. The van der Waals surface area contributed by atoms with Gasteiger partial charge in [0.15, 0.2) is 5.13 Å². The predicted molar refractivity (Wildman–Crippen MR) is 82.5 cm³/mol. The molecule has 1 amide bonds. The van der Waals surface area contributed by atoms with E-state index in [1.54, 1.807) is 32.2 Å². The fraction of sp³-hybridized carbons (Fsp3) is 0.500. The Hall–Kier alpha value is -1.89. The SMILES string of the molecule is CCCC=C(C(=O)O)c1csc(NC(=O)OC(C)(C)C)n1. The molecule has 0 aliphatic heterocycles. The zero-order chi connectivity index (χ0) is 16.0. The van der Waals surface area contributed by atoms with Crippen molar-refractivity contribution in [2.75, 3.05) is 5.32 Å². The van der Waals surface area contributed by atoms with Crippen molar-refractivity contribution in [1.29, 1.82) is 0 Å².